The molecular weight excluding hydrogens is 449 g/mol. The Morgan fingerprint density at radius 2 is 1.67 bits per heavy atom. The molecule has 2 rings (SSSR count). The monoisotopic (exact) mass is 465 g/mol. The van der Waals surface area contributed by atoms with E-state index in [4.69, 9.17) is 23.2 Å². The van der Waals surface area contributed by atoms with Gasteiger partial charge >= 0.3 is 0 Å². The first-order valence-corrected chi connectivity index (χ1v) is 10.1. The van der Waals surface area contributed by atoms with Crippen molar-refractivity contribution in [1.29, 1.82) is 5.26 Å². The van der Waals surface area contributed by atoms with Gasteiger partial charge < -0.3 is 10.2 Å². The molecule has 0 unspecified atom stereocenters. The Hall–Kier alpha value is -2.00. The lowest BCUT2D eigenvalue weighted by atomic mass is 10.1. The standard InChI is InChI=1S/C20H18BrCl2N3O/c21-17-3-5-18(6-4-17)25-20(27)16(14-24)13-15-1-7-19(8-2-15)26(11-9-22)12-10-23/h1-8,13H,9-12H2,(H,25,27)/b16-13-. The van der Waals surface area contributed by atoms with E-state index in [2.05, 4.69) is 26.1 Å². The number of rotatable bonds is 8. The van der Waals surface area contributed by atoms with Crippen molar-refractivity contribution in [2.45, 2.75) is 0 Å². The van der Waals surface area contributed by atoms with E-state index in [1.807, 2.05) is 42.5 Å². The van der Waals surface area contributed by atoms with E-state index < -0.39 is 5.91 Å². The van der Waals surface area contributed by atoms with E-state index in [1.54, 1.807) is 18.2 Å². The summed E-state index contributed by atoms with van der Waals surface area (Å²) in [5.41, 5.74) is 2.41. The van der Waals surface area contributed by atoms with Crippen molar-refractivity contribution in [1.82, 2.24) is 0 Å². The number of carbonyl (C=O) groups excluding carboxylic acids is 1. The molecule has 0 aliphatic heterocycles. The Balaban J connectivity index is 2.13. The maximum absolute atomic E-state index is 12.3. The van der Waals surface area contributed by atoms with Crippen LogP contribution in [0.15, 0.2) is 58.6 Å². The molecule has 1 amide bonds. The first-order valence-electron chi connectivity index (χ1n) is 8.23. The van der Waals surface area contributed by atoms with Gasteiger partial charge in [-0.1, -0.05) is 28.1 Å². The zero-order chi connectivity index (χ0) is 19.6. The highest BCUT2D eigenvalue weighted by Crippen LogP contribution is 2.18. The Labute approximate surface area is 177 Å². The van der Waals surface area contributed by atoms with Gasteiger partial charge in [0.1, 0.15) is 11.6 Å². The Bertz CT molecular complexity index is 824. The largest absolute Gasteiger partial charge is 0.369 e. The lowest BCUT2D eigenvalue weighted by Crippen LogP contribution is -2.27. The number of nitriles is 1. The highest BCUT2D eigenvalue weighted by Gasteiger charge is 2.10. The second-order valence-corrected chi connectivity index (χ2v) is 7.26. The van der Waals surface area contributed by atoms with Crippen molar-refractivity contribution in [3.8, 4) is 6.07 Å². The molecule has 0 bridgehead atoms. The minimum Gasteiger partial charge on any atom is -0.369 e. The van der Waals surface area contributed by atoms with Gasteiger partial charge in [0.05, 0.1) is 0 Å². The number of carbonyl (C=O) groups is 1. The number of anilines is 2. The zero-order valence-corrected chi connectivity index (χ0v) is 17.6. The zero-order valence-electron chi connectivity index (χ0n) is 14.5. The van der Waals surface area contributed by atoms with Gasteiger partial charge in [-0.25, -0.2) is 0 Å². The van der Waals surface area contributed by atoms with Crippen LogP contribution in [-0.4, -0.2) is 30.8 Å². The van der Waals surface area contributed by atoms with Crippen LogP contribution in [0.3, 0.4) is 0 Å². The van der Waals surface area contributed by atoms with Crippen LogP contribution >= 0.6 is 39.1 Å². The number of hydrogen-bond donors (Lipinski definition) is 1. The van der Waals surface area contributed by atoms with Crippen LogP contribution in [0.25, 0.3) is 6.08 Å². The third kappa shape index (κ3) is 6.59. The molecule has 4 nitrogen and oxygen atoms in total. The molecule has 0 atom stereocenters. The van der Waals surface area contributed by atoms with Gasteiger partial charge in [0.2, 0.25) is 0 Å². The van der Waals surface area contributed by atoms with Gasteiger partial charge in [-0.2, -0.15) is 5.26 Å². The van der Waals surface area contributed by atoms with Crippen molar-refractivity contribution >= 4 is 62.5 Å². The van der Waals surface area contributed by atoms with Crippen molar-refractivity contribution in [2.75, 3.05) is 35.1 Å². The summed E-state index contributed by atoms with van der Waals surface area (Å²) in [5.74, 6) is 0.565. The lowest BCUT2D eigenvalue weighted by molar-refractivity contribution is -0.112. The molecule has 140 valence electrons. The Morgan fingerprint density at radius 3 is 2.19 bits per heavy atom. The molecular formula is C20H18BrCl2N3O. The highest BCUT2D eigenvalue weighted by atomic mass is 79.9. The number of nitrogens with one attached hydrogen (secondary N) is 1. The molecule has 0 heterocycles. The molecule has 0 aliphatic rings. The third-order valence-corrected chi connectivity index (χ3v) is 4.61. The van der Waals surface area contributed by atoms with Gasteiger partial charge in [-0.15, -0.1) is 23.2 Å². The molecule has 0 saturated carbocycles. The van der Waals surface area contributed by atoms with Crippen molar-refractivity contribution < 1.29 is 4.79 Å². The second-order valence-electron chi connectivity index (χ2n) is 5.59. The summed E-state index contributed by atoms with van der Waals surface area (Å²) in [4.78, 5) is 14.4. The summed E-state index contributed by atoms with van der Waals surface area (Å²) in [7, 11) is 0. The molecule has 0 aliphatic carbocycles. The molecule has 1 N–H and O–H groups in total. The SMILES string of the molecule is N#C/C(=C/c1ccc(N(CCCl)CCCl)cc1)C(=O)Nc1ccc(Br)cc1. The van der Waals surface area contributed by atoms with Crippen LogP contribution in [0, 0.1) is 11.3 Å². The maximum atomic E-state index is 12.3. The van der Waals surface area contributed by atoms with Crippen molar-refractivity contribution in [3.05, 3.63) is 64.1 Å². The average Bonchev–Trinajstić information content (AvgIpc) is 2.68. The van der Waals surface area contributed by atoms with Gasteiger partial charge in [-0.3, -0.25) is 4.79 Å². The number of halogens is 3. The van der Waals surface area contributed by atoms with E-state index in [0.29, 0.717) is 30.5 Å². The normalized spacial score (nSPS) is 11.0. The second kappa shape index (κ2) is 11.0. The smallest absolute Gasteiger partial charge is 0.266 e. The van der Waals surface area contributed by atoms with Crippen molar-refractivity contribution in [3.63, 3.8) is 0 Å². The summed E-state index contributed by atoms with van der Waals surface area (Å²) in [6.07, 6.45) is 1.56. The van der Waals surface area contributed by atoms with Crippen LogP contribution < -0.4 is 10.2 Å². The van der Waals surface area contributed by atoms with Gasteiger partial charge in [0.25, 0.3) is 5.91 Å². The molecule has 27 heavy (non-hydrogen) atoms. The fourth-order valence-electron chi connectivity index (χ4n) is 2.40. The summed E-state index contributed by atoms with van der Waals surface area (Å²) in [5, 5.41) is 12.1. The minimum atomic E-state index is -0.449. The van der Waals surface area contributed by atoms with E-state index in [9.17, 15) is 10.1 Å². The average molecular weight is 467 g/mol. The van der Waals surface area contributed by atoms with Crippen LogP contribution in [0.2, 0.25) is 0 Å². The van der Waals surface area contributed by atoms with Crippen molar-refractivity contribution in [2.24, 2.45) is 0 Å². The predicted octanol–water partition coefficient (Wildman–Crippen LogP) is 5.28. The van der Waals surface area contributed by atoms with E-state index >= 15 is 0 Å². The topological polar surface area (TPSA) is 56.1 Å². The van der Waals surface area contributed by atoms with Gasteiger partial charge in [-0.05, 0) is 48.0 Å². The van der Waals surface area contributed by atoms with E-state index in [-0.39, 0.29) is 5.57 Å². The van der Waals surface area contributed by atoms with Crippen LogP contribution in [0.5, 0.6) is 0 Å². The molecule has 0 fully saturated rings. The first-order chi connectivity index (χ1) is 13.1. The predicted molar refractivity (Wildman–Crippen MR) is 116 cm³/mol. The number of amides is 1. The Morgan fingerprint density at radius 1 is 1.07 bits per heavy atom. The first kappa shape index (κ1) is 21.3. The number of hydrogen-bond acceptors (Lipinski definition) is 3. The fraction of sp³-hybridized carbons (Fsp3) is 0.200. The molecule has 0 radical (unpaired) electrons. The highest BCUT2D eigenvalue weighted by molar-refractivity contribution is 9.10. The van der Waals surface area contributed by atoms with Crippen LogP contribution in [0.1, 0.15) is 5.56 Å². The van der Waals surface area contributed by atoms with Crippen LogP contribution in [0.4, 0.5) is 11.4 Å². The van der Waals surface area contributed by atoms with Crippen LogP contribution in [-0.2, 0) is 4.79 Å². The number of benzene rings is 2. The maximum Gasteiger partial charge on any atom is 0.266 e. The summed E-state index contributed by atoms with van der Waals surface area (Å²) >= 11 is 15.0. The molecule has 0 saturated heterocycles. The molecule has 2 aromatic rings. The molecule has 7 heteroatoms. The summed E-state index contributed by atoms with van der Waals surface area (Å²) in [6, 6.07) is 16.7. The Kier molecular flexibility index (Phi) is 8.66. The van der Waals surface area contributed by atoms with Gasteiger partial charge in [0.15, 0.2) is 0 Å². The summed E-state index contributed by atoms with van der Waals surface area (Å²) < 4.78 is 0.911. The third-order valence-electron chi connectivity index (χ3n) is 3.75. The summed E-state index contributed by atoms with van der Waals surface area (Å²) in [6.45, 7) is 1.39. The van der Waals surface area contributed by atoms with E-state index in [0.717, 1.165) is 15.7 Å². The number of alkyl halides is 2. The molecule has 0 aromatic heterocycles. The van der Waals surface area contributed by atoms with Gasteiger partial charge in [0, 0.05) is 40.7 Å². The minimum absolute atomic E-state index is 0.0315. The number of nitrogens with zero attached hydrogens (tertiary/aromatic N) is 2. The fourth-order valence-corrected chi connectivity index (χ4v) is 3.07. The molecule has 0 spiro atoms. The van der Waals surface area contributed by atoms with E-state index in [1.165, 1.54) is 0 Å². The lowest BCUT2D eigenvalue weighted by Gasteiger charge is -2.22. The quantitative estimate of drug-likeness (QED) is 0.327. The molecule has 2 aromatic carbocycles.